The third-order valence-electron chi connectivity index (χ3n) is 13.7. The van der Waals surface area contributed by atoms with Crippen LogP contribution in [0.4, 0.5) is 0 Å². The van der Waals surface area contributed by atoms with Crippen molar-refractivity contribution in [2.24, 2.45) is 0 Å². The first-order chi connectivity index (χ1) is 38.5. The van der Waals surface area contributed by atoms with Crippen LogP contribution >= 0.6 is 0 Å². The Bertz CT molecular complexity index is 1620. The normalized spacial score (nSPS) is 12.9. The number of unbranched alkanes of at least 4 members (excludes halogenated alkanes) is 27. The first-order valence-corrected chi connectivity index (χ1v) is 32.5. The predicted octanol–water partition coefficient (Wildman–Crippen LogP) is 22.4. The van der Waals surface area contributed by atoms with Crippen molar-refractivity contribution >= 4 is 17.9 Å². The van der Waals surface area contributed by atoms with Crippen LogP contribution < -0.4 is 0 Å². The third kappa shape index (κ3) is 62.7. The summed E-state index contributed by atoms with van der Waals surface area (Å²) in [6, 6.07) is 0. The molecule has 0 spiro atoms. The Morgan fingerprint density at radius 3 is 0.782 bits per heavy atom. The number of carbonyl (C=O) groups is 3. The van der Waals surface area contributed by atoms with Crippen molar-refractivity contribution in [2.45, 2.75) is 303 Å². The highest BCUT2D eigenvalue weighted by Gasteiger charge is 2.19. The van der Waals surface area contributed by atoms with Crippen molar-refractivity contribution in [1.82, 2.24) is 0 Å². The largest absolute Gasteiger partial charge is 0.462 e. The van der Waals surface area contributed by atoms with Crippen molar-refractivity contribution in [3.8, 4) is 0 Å². The van der Waals surface area contributed by atoms with Gasteiger partial charge in [-0.05, 0) is 109 Å². The van der Waals surface area contributed by atoms with Gasteiger partial charge in [-0.15, -0.1) is 0 Å². The van der Waals surface area contributed by atoms with Crippen molar-refractivity contribution < 1.29 is 28.6 Å². The molecule has 0 amide bonds. The molecule has 0 saturated carbocycles. The van der Waals surface area contributed by atoms with Gasteiger partial charge in [0, 0.05) is 19.3 Å². The van der Waals surface area contributed by atoms with Gasteiger partial charge in [0.05, 0.1) is 0 Å². The van der Waals surface area contributed by atoms with Crippen molar-refractivity contribution in [3.05, 3.63) is 122 Å². The van der Waals surface area contributed by atoms with E-state index < -0.39 is 6.10 Å². The Kier molecular flexibility index (Phi) is 61.8. The molecule has 0 aliphatic rings. The zero-order valence-corrected chi connectivity index (χ0v) is 50.9. The zero-order chi connectivity index (χ0) is 56.4. The molecule has 0 N–H and O–H groups in total. The maximum atomic E-state index is 12.8. The quantitative estimate of drug-likeness (QED) is 0.0261. The third-order valence-corrected chi connectivity index (χ3v) is 13.7. The van der Waals surface area contributed by atoms with Gasteiger partial charge in [-0.25, -0.2) is 0 Å². The van der Waals surface area contributed by atoms with Crippen molar-refractivity contribution in [3.63, 3.8) is 0 Å². The minimum atomic E-state index is -0.787. The summed E-state index contributed by atoms with van der Waals surface area (Å²) in [5.74, 6) is -0.898. The molecular weight excluding hydrogens is 961 g/mol. The van der Waals surface area contributed by atoms with Crippen LogP contribution in [0.5, 0.6) is 0 Å². The van der Waals surface area contributed by atoms with Gasteiger partial charge in [-0.2, -0.15) is 0 Å². The van der Waals surface area contributed by atoms with Crippen molar-refractivity contribution in [2.75, 3.05) is 13.2 Å². The number of esters is 3. The van der Waals surface area contributed by atoms with Crippen LogP contribution in [0.2, 0.25) is 0 Å². The lowest BCUT2D eigenvalue weighted by atomic mass is 10.0. The van der Waals surface area contributed by atoms with E-state index >= 15 is 0 Å². The molecule has 0 aromatic heterocycles. The second kappa shape index (κ2) is 65.3. The minimum absolute atomic E-state index is 0.0834. The summed E-state index contributed by atoms with van der Waals surface area (Å²) in [5.41, 5.74) is 0. The van der Waals surface area contributed by atoms with E-state index in [0.717, 1.165) is 141 Å². The molecule has 6 nitrogen and oxygen atoms in total. The van der Waals surface area contributed by atoms with E-state index in [1.165, 1.54) is 116 Å². The first-order valence-electron chi connectivity index (χ1n) is 32.5. The molecule has 0 rings (SSSR count). The highest BCUT2D eigenvalue weighted by molar-refractivity contribution is 5.71. The summed E-state index contributed by atoms with van der Waals surface area (Å²) >= 11 is 0. The molecule has 0 aliphatic heterocycles. The van der Waals surface area contributed by atoms with Gasteiger partial charge in [0.25, 0.3) is 0 Å². The minimum Gasteiger partial charge on any atom is -0.462 e. The standard InChI is InChI=1S/C72H120O6/c1-4-7-10-13-16-19-22-24-26-27-28-29-30-31-32-33-34-35-36-37-38-39-40-41-42-43-44-45-47-48-50-53-56-59-62-65-71(74)77-68-69(67-76-70(73)64-61-58-55-52-21-18-15-12-9-6-3)78-72(75)66-63-60-57-54-51-49-46-25-23-20-17-14-11-8-5-2/h7-8,10-11,16-17,19-20,24-26,28-29,31-32,34-35,37-38,46,69H,4-6,9,12-15,18,21-23,27,30,33,36,39-45,47-68H2,1-3H3/b10-7-,11-8-,19-16-,20-17-,26-24-,29-28-,32-31-,35-34-,38-37-,46-25-. The molecule has 0 fully saturated rings. The molecule has 6 heteroatoms. The lowest BCUT2D eigenvalue weighted by Crippen LogP contribution is -2.30. The zero-order valence-electron chi connectivity index (χ0n) is 50.9. The molecule has 1 unspecified atom stereocenters. The molecule has 1 atom stereocenters. The Morgan fingerprint density at radius 1 is 0.269 bits per heavy atom. The average Bonchev–Trinajstić information content (AvgIpc) is 3.44. The number of allylic oxidation sites excluding steroid dienone is 20. The molecule has 444 valence electrons. The highest BCUT2D eigenvalue weighted by Crippen LogP contribution is 2.16. The first kappa shape index (κ1) is 73.8. The number of hydrogen-bond donors (Lipinski definition) is 0. The van der Waals surface area contributed by atoms with Gasteiger partial charge in [-0.1, -0.05) is 290 Å². The molecule has 0 heterocycles. The molecule has 0 aromatic carbocycles. The summed E-state index contributed by atoms with van der Waals surface area (Å²) in [6.07, 6.45) is 90.8. The van der Waals surface area contributed by atoms with Crippen LogP contribution in [0, 0.1) is 0 Å². The maximum Gasteiger partial charge on any atom is 0.306 e. The summed E-state index contributed by atoms with van der Waals surface area (Å²) in [5, 5.41) is 0. The van der Waals surface area contributed by atoms with Crippen LogP contribution in [-0.4, -0.2) is 37.2 Å². The molecule has 78 heavy (non-hydrogen) atoms. The Morgan fingerprint density at radius 2 is 0.500 bits per heavy atom. The lowest BCUT2D eigenvalue weighted by Gasteiger charge is -2.18. The average molecular weight is 1080 g/mol. The Hall–Kier alpha value is -4.19. The lowest BCUT2D eigenvalue weighted by molar-refractivity contribution is -0.167. The van der Waals surface area contributed by atoms with Crippen LogP contribution in [-0.2, 0) is 28.6 Å². The highest BCUT2D eigenvalue weighted by atomic mass is 16.6. The van der Waals surface area contributed by atoms with Crippen LogP contribution in [0.15, 0.2) is 122 Å². The predicted molar refractivity (Wildman–Crippen MR) is 339 cm³/mol. The van der Waals surface area contributed by atoms with Crippen molar-refractivity contribution in [1.29, 1.82) is 0 Å². The van der Waals surface area contributed by atoms with E-state index in [-0.39, 0.29) is 31.1 Å². The molecule has 0 aromatic rings. The van der Waals surface area contributed by atoms with Gasteiger partial charge in [-0.3, -0.25) is 14.4 Å². The second-order valence-electron chi connectivity index (χ2n) is 21.3. The number of carbonyl (C=O) groups excluding carboxylic acids is 3. The fourth-order valence-electron chi connectivity index (χ4n) is 8.91. The van der Waals surface area contributed by atoms with Gasteiger partial charge < -0.3 is 14.2 Å². The fraction of sp³-hybridized carbons (Fsp3) is 0.681. The van der Waals surface area contributed by atoms with Crippen LogP contribution in [0.1, 0.15) is 297 Å². The topological polar surface area (TPSA) is 78.9 Å². The smallest absolute Gasteiger partial charge is 0.306 e. The van der Waals surface area contributed by atoms with Crippen LogP contribution in [0.3, 0.4) is 0 Å². The van der Waals surface area contributed by atoms with E-state index in [1.54, 1.807) is 0 Å². The number of ether oxygens (including phenoxy) is 3. The molecular formula is C72H120O6. The molecule has 0 aliphatic carbocycles. The van der Waals surface area contributed by atoms with Gasteiger partial charge in [0.15, 0.2) is 6.10 Å². The molecule has 0 bridgehead atoms. The Balaban J connectivity index is 4.13. The van der Waals surface area contributed by atoms with Gasteiger partial charge in [0.2, 0.25) is 0 Å². The maximum absolute atomic E-state index is 12.8. The summed E-state index contributed by atoms with van der Waals surface area (Å²) < 4.78 is 16.9. The molecule has 0 radical (unpaired) electrons. The van der Waals surface area contributed by atoms with E-state index in [9.17, 15) is 14.4 Å². The number of rotatable bonds is 58. The van der Waals surface area contributed by atoms with Gasteiger partial charge in [0.1, 0.15) is 13.2 Å². The van der Waals surface area contributed by atoms with E-state index in [0.29, 0.717) is 19.3 Å². The van der Waals surface area contributed by atoms with E-state index in [1.807, 2.05) is 0 Å². The van der Waals surface area contributed by atoms with E-state index in [2.05, 4.69) is 142 Å². The summed E-state index contributed by atoms with van der Waals surface area (Å²) in [4.78, 5) is 38.2. The summed E-state index contributed by atoms with van der Waals surface area (Å²) in [6.45, 7) is 6.40. The molecule has 0 saturated heterocycles. The fourth-order valence-corrected chi connectivity index (χ4v) is 8.91. The Labute approximate surface area is 482 Å². The van der Waals surface area contributed by atoms with E-state index in [4.69, 9.17) is 14.2 Å². The SMILES string of the molecule is CC/C=C\C/C=C\C/C=C\C/C=C\C/C=C\C/C=C\C/C=C\CCCCCCCCCCCCCCCC(=O)OCC(COC(=O)CCCCCCCCCCCC)OC(=O)CCCCCCC/C=C\C/C=C\C/C=C\CC. The number of hydrogen-bond acceptors (Lipinski definition) is 6. The van der Waals surface area contributed by atoms with Crippen LogP contribution in [0.25, 0.3) is 0 Å². The second-order valence-corrected chi connectivity index (χ2v) is 21.3. The monoisotopic (exact) mass is 1080 g/mol. The summed E-state index contributed by atoms with van der Waals surface area (Å²) in [7, 11) is 0. The van der Waals surface area contributed by atoms with Gasteiger partial charge >= 0.3 is 17.9 Å².